The molecule has 1 atom stereocenters. The van der Waals surface area contributed by atoms with E-state index in [-0.39, 0.29) is 11.9 Å². The summed E-state index contributed by atoms with van der Waals surface area (Å²) in [5, 5.41) is 6.37. The molecular weight excluding hydrogens is 260 g/mol. The molecule has 0 radical (unpaired) electrons. The van der Waals surface area contributed by atoms with Crippen LogP contribution in [0, 0.1) is 0 Å². The first kappa shape index (κ1) is 13.0. The zero-order valence-corrected chi connectivity index (χ0v) is 12.0. The molecule has 0 spiro atoms. The van der Waals surface area contributed by atoms with E-state index >= 15 is 0 Å². The minimum atomic E-state index is -0.144. The van der Waals surface area contributed by atoms with Crippen LogP contribution < -0.4 is 10.6 Å². The number of hydrogen-bond acceptors (Lipinski definition) is 4. The van der Waals surface area contributed by atoms with Crippen LogP contribution in [0.4, 0.5) is 0 Å². The molecule has 104 valence electrons. The van der Waals surface area contributed by atoms with E-state index < -0.39 is 0 Å². The number of thioether (sulfide) groups is 1. The maximum absolute atomic E-state index is 12.2. The van der Waals surface area contributed by atoms with E-state index in [9.17, 15) is 4.79 Å². The molecule has 5 nitrogen and oxygen atoms in total. The van der Waals surface area contributed by atoms with Gasteiger partial charge in [0.05, 0.1) is 23.8 Å². The molecule has 3 N–H and O–H groups in total. The molecule has 1 aromatic rings. The van der Waals surface area contributed by atoms with Gasteiger partial charge < -0.3 is 10.3 Å². The van der Waals surface area contributed by atoms with E-state index in [1.165, 1.54) is 19.3 Å². The van der Waals surface area contributed by atoms with E-state index in [1.807, 2.05) is 11.8 Å². The Bertz CT molecular complexity index is 463. The van der Waals surface area contributed by atoms with Crippen molar-refractivity contribution in [2.45, 2.75) is 43.0 Å². The summed E-state index contributed by atoms with van der Waals surface area (Å²) >= 11 is 1.89. The summed E-state index contributed by atoms with van der Waals surface area (Å²) in [6.07, 6.45) is 8.24. The summed E-state index contributed by atoms with van der Waals surface area (Å²) in [6.45, 7) is 1.49. The molecule has 1 aliphatic heterocycles. The standard InChI is InChI=1S/C13H20N4OS/c1-19-13(3-2-4-13)7-15-12(18)10-5-9-11(6-14-10)17-8-16-9/h8,10,14H,2-7H2,1H3,(H,15,18)(H,16,17). The zero-order valence-electron chi connectivity index (χ0n) is 11.2. The highest BCUT2D eigenvalue weighted by Crippen LogP contribution is 2.42. The Hall–Kier alpha value is -1.01. The van der Waals surface area contributed by atoms with Gasteiger partial charge in [0.2, 0.25) is 5.91 Å². The Labute approximate surface area is 117 Å². The van der Waals surface area contributed by atoms with Gasteiger partial charge in [0.15, 0.2) is 0 Å². The lowest BCUT2D eigenvalue weighted by Crippen LogP contribution is -2.52. The maximum Gasteiger partial charge on any atom is 0.237 e. The lowest BCUT2D eigenvalue weighted by Gasteiger charge is -2.40. The Morgan fingerprint density at radius 1 is 1.63 bits per heavy atom. The van der Waals surface area contributed by atoms with E-state index in [0.717, 1.165) is 17.9 Å². The average Bonchev–Trinajstić information content (AvgIpc) is 2.84. The van der Waals surface area contributed by atoms with Gasteiger partial charge in [0.1, 0.15) is 0 Å². The number of carbonyl (C=O) groups excluding carboxylic acids is 1. The van der Waals surface area contributed by atoms with Crippen LogP contribution in [-0.4, -0.2) is 39.5 Å². The SMILES string of the molecule is CSC1(CNC(=O)C2Cc3nc[nH]c3CN2)CCC1. The van der Waals surface area contributed by atoms with Gasteiger partial charge in [-0.3, -0.25) is 10.1 Å². The predicted octanol–water partition coefficient (Wildman–Crippen LogP) is 0.826. The molecule has 1 saturated carbocycles. The summed E-state index contributed by atoms with van der Waals surface area (Å²) in [5.41, 5.74) is 2.12. The van der Waals surface area contributed by atoms with Gasteiger partial charge in [-0.1, -0.05) is 6.42 Å². The van der Waals surface area contributed by atoms with Crippen LogP contribution in [0.15, 0.2) is 6.33 Å². The van der Waals surface area contributed by atoms with Crippen LogP contribution in [0.5, 0.6) is 0 Å². The number of H-pyrrole nitrogens is 1. The summed E-state index contributed by atoms with van der Waals surface area (Å²) < 4.78 is 0.293. The Morgan fingerprint density at radius 2 is 2.47 bits per heavy atom. The fourth-order valence-electron chi connectivity index (χ4n) is 2.75. The molecule has 1 amide bonds. The number of rotatable bonds is 4. The van der Waals surface area contributed by atoms with Crippen molar-refractivity contribution in [3.05, 3.63) is 17.7 Å². The highest BCUT2D eigenvalue weighted by Gasteiger charge is 2.37. The first-order chi connectivity index (χ1) is 9.22. The van der Waals surface area contributed by atoms with E-state index in [1.54, 1.807) is 6.33 Å². The number of nitrogens with one attached hydrogen (secondary N) is 3. The number of aromatic amines is 1. The minimum absolute atomic E-state index is 0.106. The number of imidazole rings is 1. The normalized spacial score (nSPS) is 24.4. The molecule has 0 aromatic carbocycles. The van der Waals surface area contributed by atoms with Gasteiger partial charge in [-0.05, 0) is 19.1 Å². The molecule has 1 aromatic heterocycles. The van der Waals surface area contributed by atoms with Crippen molar-refractivity contribution in [1.82, 2.24) is 20.6 Å². The quantitative estimate of drug-likeness (QED) is 0.764. The third kappa shape index (κ3) is 2.51. The molecule has 19 heavy (non-hydrogen) atoms. The van der Waals surface area contributed by atoms with Crippen molar-refractivity contribution in [2.75, 3.05) is 12.8 Å². The molecule has 2 aliphatic rings. The second-order valence-corrected chi connectivity index (χ2v) is 6.70. The van der Waals surface area contributed by atoms with Gasteiger partial charge in [0.25, 0.3) is 0 Å². The van der Waals surface area contributed by atoms with Crippen molar-refractivity contribution < 1.29 is 4.79 Å². The average molecular weight is 280 g/mol. The number of nitrogens with zero attached hydrogens (tertiary/aromatic N) is 1. The molecular formula is C13H20N4OS. The summed E-state index contributed by atoms with van der Waals surface area (Å²) in [6, 6.07) is -0.144. The van der Waals surface area contributed by atoms with Crippen LogP contribution in [0.25, 0.3) is 0 Å². The zero-order chi connectivity index (χ0) is 13.3. The van der Waals surface area contributed by atoms with E-state index in [0.29, 0.717) is 17.7 Å². The number of carbonyl (C=O) groups is 1. The van der Waals surface area contributed by atoms with Crippen molar-refractivity contribution >= 4 is 17.7 Å². The first-order valence-corrected chi connectivity index (χ1v) is 8.02. The van der Waals surface area contributed by atoms with Gasteiger partial charge in [-0.25, -0.2) is 4.98 Å². The fourth-order valence-corrected chi connectivity index (χ4v) is 3.66. The molecule has 3 rings (SSSR count). The van der Waals surface area contributed by atoms with Crippen LogP contribution in [0.3, 0.4) is 0 Å². The Balaban J connectivity index is 1.54. The van der Waals surface area contributed by atoms with Gasteiger partial charge in [-0.15, -0.1) is 0 Å². The van der Waals surface area contributed by atoms with Gasteiger partial charge >= 0.3 is 0 Å². The predicted molar refractivity (Wildman–Crippen MR) is 76.0 cm³/mol. The molecule has 1 unspecified atom stereocenters. The van der Waals surface area contributed by atoms with Crippen LogP contribution >= 0.6 is 11.8 Å². The van der Waals surface area contributed by atoms with Gasteiger partial charge in [0, 0.05) is 24.3 Å². The second-order valence-electron chi connectivity index (χ2n) is 5.42. The minimum Gasteiger partial charge on any atom is -0.353 e. The second kappa shape index (κ2) is 5.17. The van der Waals surface area contributed by atoms with Crippen LogP contribution in [-0.2, 0) is 17.8 Å². The smallest absolute Gasteiger partial charge is 0.237 e. The summed E-state index contributed by atoms with van der Waals surface area (Å²) in [4.78, 5) is 19.6. The monoisotopic (exact) mass is 280 g/mol. The summed E-state index contributed by atoms with van der Waals surface area (Å²) in [7, 11) is 0. The van der Waals surface area contributed by atoms with Crippen molar-refractivity contribution in [2.24, 2.45) is 0 Å². The number of hydrogen-bond donors (Lipinski definition) is 3. The third-order valence-electron chi connectivity index (χ3n) is 4.33. The maximum atomic E-state index is 12.2. The van der Waals surface area contributed by atoms with Crippen LogP contribution in [0.2, 0.25) is 0 Å². The topological polar surface area (TPSA) is 69.8 Å². The molecule has 1 fully saturated rings. The highest BCUT2D eigenvalue weighted by atomic mass is 32.2. The molecule has 6 heteroatoms. The highest BCUT2D eigenvalue weighted by molar-refractivity contribution is 8.00. The Kier molecular flexibility index (Phi) is 3.54. The van der Waals surface area contributed by atoms with Crippen molar-refractivity contribution in [3.63, 3.8) is 0 Å². The summed E-state index contributed by atoms with van der Waals surface area (Å²) in [5.74, 6) is 0.106. The molecule has 2 heterocycles. The molecule has 1 aliphatic carbocycles. The lowest BCUT2D eigenvalue weighted by atomic mass is 9.84. The van der Waals surface area contributed by atoms with E-state index in [2.05, 4.69) is 26.9 Å². The van der Waals surface area contributed by atoms with Crippen LogP contribution in [0.1, 0.15) is 30.7 Å². The Morgan fingerprint density at radius 3 is 3.16 bits per heavy atom. The fraction of sp³-hybridized carbons (Fsp3) is 0.692. The number of aromatic nitrogens is 2. The number of amides is 1. The number of fused-ring (bicyclic) bond motifs is 1. The molecule has 0 saturated heterocycles. The largest absolute Gasteiger partial charge is 0.353 e. The first-order valence-electron chi connectivity index (χ1n) is 6.80. The third-order valence-corrected chi connectivity index (χ3v) is 5.75. The van der Waals surface area contributed by atoms with Crippen molar-refractivity contribution in [1.29, 1.82) is 0 Å². The van der Waals surface area contributed by atoms with E-state index in [4.69, 9.17) is 0 Å². The van der Waals surface area contributed by atoms with Gasteiger partial charge in [-0.2, -0.15) is 11.8 Å². The lowest BCUT2D eigenvalue weighted by molar-refractivity contribution is -0.123. The molecule has 0 bridgehead atoms. The van der Waals surface area contributed by atoms with Crippen molar-refractivity contribution in [3.8, 4) is 0 Å².